The van der Waals surface area contributed by atoms with Gasteiger partial charge in [0.05, 0.1) is 0 Å². The van der Waals surface area contributed by atoms with Crippen LogP contribution in [0.3, 0.4) is 0 Å². The molecule has 6 nitrogen and oxygen atoms in total. The summed E-state index contributed by atoms with van der Waals surface area (Å²) in [7, 11) is 0. The summed E-state index contributed by atoms with van der Waals surface area (Å²) in [6.07, 6.45) is 2.41. The first-order valence-corrected chi connectivity index (χ1v) is 7.66. The van der Waals surface area contributed by atoms with E-state index >= 15 is 0 Å². The van der Waals surface area contributed by atoms with E-state index in [1.54, 1.807) is 12.1 Å². The largest absolute Gasteiger partial charge is 0.354 e. The van der Waals surface area contributed by atoms with Gasteiger partial charge < -0.3 is 10.2 Å². The highest BCUT2D eigenvalue weighted by atomic mass is 19.1. The molecular formula is C16H18FN3O3. The third-order valence-electron chi connectivity index (χ3n) is 4.02. The standard InChI is InChI=1S/C16H18FN3O3/c17-12-3-1-11(2-4-12)7-8-18-14(21)9-20-15(22)10-19(16(20)23)13-5-6-13/h1-4,13H,5-10H2,(H,18,21). The fraction of sp³-hybridized carbons (Fsp3) is 0.438. The summed E-state index contributed by atoms with van der Waals surface area (Å²) < 4.78 is 12.8. The molecule has 1 N–H and O–H groups in total. The number of carbonyl (C=O) groups excluding carboxylic acids is 3. The lowest BCUT2D eigenvalue weighted by molar-refractivity contribution is -0.130. The summed E-state index contributed by atoms with van der Waals surface area (Å²) >= 11 is 0. The number of nitrogens with zero attached hydrogens (tertiary/aromatic N) is 2. The molecule has 1 saturated heterocycles. The Labute approximate surface area is 133 Å². The van der Waals surface area contributed by atoms with Crippen LogP contribution < -0.4 is 5.32 Å². The summed E-state index contributed by atoms with van der Waals surface area (Å²) in [5.41, 5.74) is 0.903. The molecule has 4 amide bonds. The van der Waals surface area contributed by atoms with Crippen LogP contribution in [0.1, 0.15) is 18.4 Å². The van der Waals surface area contributed by atoms with E-state index in [2.05, 4.69) is 5.32 Å². The summed E-state index contributed by atoms with van der Waals surface area (Å²) in [5.74, 6) is -0.994. The number of imide groups is 1. The van der Waals surface area contributed by atoms with E-state index in [4.69, 9.17) is 0 Å². The van der Waals surface area contributed by atoms with Gasteiger partial charge in [-0.2, -0.15) is 0 Å². The van der Waals surface area contributed by atoms with Gasteiger partial charge in [-0.1, -0.05) is 12.1 Å². The summed E-state index contributed by atoms with van der Waals surface area (Å²) in [4.78, 5) is 38.3. The molecule has 2 aliphatic rings. The van der Waals surface area contributed by atoms with Crippen LogP contribution in [0.2, 0.25) is 0 Å². The molecule has 23 heavy (non-hydrogen) atoms. The Hall–Kier alpha value is -2.44. The predicted octanol–water partition coefficient (Wildman–Crippen LogP) is 0.911. The first-order valence-electron chi connectivity index (χ1n) is 7.66. The van der Waals surface area contributed by atoms with Gasteiger partial charge in [0.25, 0.3) is 5.91 Å². The highest BCUT2D eigenvalue weighted by Crippen LogP contribution is 2.30. The van der Waals surface area contributed by atoms with Crippen molar-refractivity contribution in [2.75, 3.05) is 19.6 Å². The van der Waals surface area contributed by atoms with Crippen molar-refractivity contribution in [3.05, 3.63) is 35.6 Å². The van der Waals surface area contributed by atoms with Gasteiger partial charge in [0.2, 0.25) is 5.91 Å². The number of rotatable bonds is 6. The number of carbonyl (C=O) groups is 3. The van der Waals surface area contributed by atoms with Gasteiger partial charge in [-0.15, -0.1) is 0 Å². The van der Waals surface area contributed by atoms with Crippen molar-refractivity contribution >= 4 is 17.8 Å². The molecular weight excluding hydrogens is 301 g/mol. The summed E-state index contributed by atoms with van der Waals surface area (Å²) in [6.45, 7) is 0.198. The molecule has 0 unspecified atom stereocenters. The van der Waals surface area contributed by atoms with Crippen molar-refractivity contribution in [3.8, 4) is 0 Å². The van der Waals surface area contributed by atoms with E-state index in [1.807, 2.05) is 0 Å². The Balaban J connectivity index is 1.44. The van der Waals surface area contributed by atoms with Crippen LogP contribution in [-0.2, 0) is 16.0 Å². The molecule has 1 aliphatic heterocycles. The van der Waals surface area contributed by atoms with Crippen LogP contribution in [0.25, 0.3) is 0 Å². The fourth-order valence-corrected chi connectivity index (χ4v) is 2.58. The number of amides is 4. The van der Waals surface area contributed by atoms with Gasteiger partial charge in [-0.3, -0.25) is 14.5 Å². The molecule has 0 radical (unpaired) electrons. The second kappa shape index (κ2) is 6.36. The first kappa shape index (κ1) is 15.5. The van der Waals surface area contributed by atoms with Gasteiger partial charge in [-0.25, -0.2) is 9.18 Å². The third kappa shape index (κ3) is 3.67. The van der Waals surface area contributed by atoms with Crippen molar-refractivity contribution in [1.29, 1.82) is 0 Å². The van der Waals surface area contributed by atoms with Crippen molar-refractivity contribution in [1.82, 2.24) is 15.1 Å². The number of urea groups is 1. The zero-order valence-electron chi connectivity index (χ0n) is 12.6. The van der Waals surface area contributed by atoms with Gasteiger partial charge in [0, 0.05) is 12.6 Å². The second-order valence-corrected chi connectivity index (χ2v) is 5.85. The molecule has 2 fully saturated rings. The third-order valence-corrected chi connectivity index (χ3v) is 4.02. The number of hydrogen-bond donors (Lipinski definition) is 1. The van der Waals surface area contributed by atoms with Gasteiger partial charge in [0.15, 0.2) is 0 Å². The number of halogens is 1. The minimum absolute atomic E-state index is 0.0758. The van der Waals surface area contributed by atoms with Crippen LogP contribution in [0.4, 0.5) is 9.18 Å². The van der Waals surface area contributed by atoms with E-state index < -0.39 is 0 Å². The van der Waals surface area contributed by atoms with Gasteiger partial charge in [0.1, 0.15) is 18.9 Å². The Kier molecular flexibility index (Phi) is 4.27. The quantitative estimate of drug-likeness (QED) is 0.793. The van der Waals surface area contributed by atoms with Crippen LogP contribution in [0, 0.1) is 5.82 Å². The van der Waals surface area contributed by atoms with Crippen molar-refractivity contribution in [2.45, 2.75) is 25.3 Å². The maximum atomic E-state index is 12.8. The lowest BCUT2D eigenvalue weighted by atomic mass is 10.1. The number of hydrogen-bond acceptors (Lipinski definition) is 3. The fourth-order valence-electron chi connectivity index (χ4n) is 2.58. The maximum absolute atomic E-state index is 12.8. The molecule has 1 saturated carbocycles. The molecule has 3 rings (SSSR count). The smallest absolute Gasteiger partial charge is 0.327 e. The summed E-state index contributed by atoms with van der Waals surface area (Å²) in [5, 5.41) is 2.68. The van der Waals surface area contributed by atoms with Gasteiger partial charge in [-0.05, 0) is 37.0 Å². The van der Waals surface area contributed by atoms with E-state index in [1.165, 1.54) is 17.0 Å². The molecule has 1 heterocycles. The minimum atomic E-state index is -0.369. The Morgan fingerprint density at radius 2 is 1.91 bits per heavy atom. The van der Waals surface area contributed by atoms with E-state index in [0.717, 1.165) is 23.3 Å². The number of benzene rings is 1. The molecule has 7 heteroatoms. The SMILES string of the molecule is O=C(CN1C(=O)CN(C2CC2)C1=O)NCCc1ccc(F)cc1. The second-order valence-electron chi connectivity index (χ2n) is 5.85. The lowest BCUT2D eigenvalue weighted by Gasteiger charge is -2.16. The van der Waals surface area contributed by atoms with Crippen molar-refractivity contribution in [3.63, 3.8) is 0 Å². The molecule has 1 aromatic carbocycles. The average Bonchev–Trinajstić information content (AvgIpc) is 3.32. The lowest BCUT2D eigenvalue weighted by Crippen LogP contribution is -2.42. The Bertz CT molecular complexity index is 628. The van der Waals surface area contributed by atoms with E-state index in [0.29, 0.717) is 13.0 Å². The monoisotopic (exact) mass is 319 g/mol. The Morgan fingerprint density at radius 1 is 1.22 bits per heavy atom. The Morgan fingerprint density at radius 3 is 2.57 bits per heavy atom. The highest BCUT2D eigenvalue weighted by molar-refractivity contribution is 6.04. The predicted molar refractivity (Wildman–Crippen MR) is 80.0 cm³/mol. The minimum Gasteiger partial charge on any atom is -0.354 e. The molecule has 0 bridgehead atoms. The maximum Gasteiger partial charge on any atom is 0.327 e. The van der Waals surface area contributed by atoms with Crippen LogP contribution in [0.5, 0.6) is 0 Å². The molecule has 0 spiro atoms. The molecule has 1 aliphatic carbocycles. The number of nitrogens with one attached hydrogen (secondary N) is 1. The molecule has 0 atom stereocenters. The molecule has 0 aromatic heterocycles. The van der Waals surface area contributed by atoms with Crippen LogP contribution in [0.15, 0.2) is 24.3 Å². The normalized spacial score (nSPS) is 17.8. The highest BCUT2D eigenvalue weighted by Gasteiger charge is 2.44. The average molecular weight is 319 g/mol. The molecule has 122 valence electrons. The van der Waals surface area contributed by atoms with Crippen LogP contribution in [-0.4, -0.2) is 53.3 Å². The van der Waals surface area contributed by atoms with Crippen LogP contribution >= 0.6 is 0 Å². The van der Waals surface area contributed by atoms with Gasteiger partial charge >= 0.3 is 6.03 Å². The summed E-state index contributed by atoms with van der Waals surface area (Å²) in [6, 6.07) is 5.84. The topological polar surface area (TPSA) is 69.7 Å². The van der Waals surface area contributed by atoms with Crippen molar-refractivity contribution < 1.29 is 18.8 Å². The first-order chi connectivity index (χ1) is 11.0. The molecule has 1 aromatic rings. The van der Waals surface area contributed by atoms with E-state index in [9.17, 15) is 18.8 Å². The zero-order chi connectivity index (χ0) is 16.4. The van der Waals surface area contributed by atoms with Crippen molar-refractivity contribution in [2.24, 2.45) is 0 Å². The zero-order valence-corrected chi connectivity index (χ0v) is 12.6. The van der Waals surface area contributed by atoms with E-state index in [-0.39, 0.29) is 42.8 Å².